The number of ether oxygens (including phenoxy) is 1. The topological polar surface area (TPSA) is 103 Å². The standard InChI is InChI=1S/C29H31ClN6O2/c1-2-38-28-24(4-3-11-33-28)25-7-5-22(18-34-25)29(19-35-27(37)21-16-32-17-21)9-12-36(13-10-29)26-8-6-23(30)14-20(26)15-31/h3-8,11,14,18,21,32H,2,9-10,12-13,16-17,19H2,1H3,(H,35,37). The normalized spacial score (nSPS) is 16.8. The number of rotatable bonds is 8. The highest BCUT2D eigenvalue weighted by molar-refractivity contribution is 6.30. The van der Waals surface area contributed by atoms with Gasteiger partial charge in [-0.25, -0.2) is 4.98 Å². The van der Waals surface area contributed by atoms with Crippen LogP contribution in [0.25, 0.3) is 11.3 Å². The Kier molecular flexibility index (Phi) is 7.77. The Balaban J connectivity index is 1.40. The van der Waals surface area contributed by atoms with Crippen LogP contribution in [0.1, 0.15) is 30.9 Å². The van der Waals surface area contributed by atoms with E-state index in [1.165, 1.54) is 0 Å². The molecule has 38 heavy (non-hydrogen) atoms. The molecule has 0 saturated carbocycles. The second kappa shape index (κ2) is 11.4. The van der Waals surface area contributed by atoms with Gasteiger partial charge in [-0.15, -0.1) is 0 Å². The fourth-order valence-electron chi connectivity index (χ4n) is 5.20. The number of anilines is 1. The molecule has 0 bridgehead atoms. The summed E-state index contributed by atoms with van der Waals surface area (Å²) in [5.41, 5.74) is 3.93. The number of hydrogen-bond acceptors (Lipinski definition) is 7. The summed E-state index contributed by atoms with van der Waals surface area (Å²) < 4.78 is 5.70. The number of nitrogens with one attached hydrogen (secondary N) is 2. The molecule has 0 radical (unpaired) electrons. The molecule has 3 aromatic rings. The summed E-state index contributed by atoms with van der Waals surface area (Å²) >= 11 is 6.12. The molecule has 4 heterocycles. The first kappa shape index (κ1) is 26.0. The number of hydrogen-bond donors (Lipinski definition) is 2. The molecule has 1 aromatic carbocycles. The summed E-state index contributed by atoms with van der Waals surface area (Å²) in [5.74, 6) is 0.690. The molecule has 5 rings (SSSR count). The van der Waals surface area contributed by atoms with Gasteiger partial charge in [0.1, 0.15) is 6.07 Å². The summed E-state index contributed by atoms with van der Waals surface area (Å²) in [6, 6.07) is 15.7. The van der Waals surface area contributed by atoms with Crippen molar-refractivity contribution in [1.29, 1.82) is 5.26 Å². The summed E-state index contributed by atoms with van der Waals surface area (Å²) in [7, 11) is 0. The number of carbonyl (C=O) groups is 1. The van der Waals surface area contributed by atoms with Crippen LogP contribution in [0.15, 0.2) is 54.9 Å². The Morgan fingerprint density at radius 1 is 1.24 bits per heavy atom. The maximum Gasteiger partial charge on any atom is 0.225 e. The predicted octanol–water partition coefficient (Wildman–Crippen LogP) is 3.94. The maximum atomic E-state index is 12.7. The SMILES string of the molecule is CCOc1ncccc1-c1ccc(C2(CNC(=O)C3CNC3)CCN(c3ccc(Cl)cc3C#N)CC2)cn1. The summed E-state index contributed by atoms with van der Waals surface area (Å²) in [6.45, 7) is 5.95. The Morgan fingerprint density at radius 3 is 2.71 bits per heavy atom. The minimum atomic E-state index is -0.272. The highest BCUT2D eigenvalue weighted by Gasteiger charge is 2.38. The highest BCUT2D eigenvalue weighted by atomic mass is 35.5. The minimum absolute atomic E-state index is 0.0301. The van der Waals surface area contributed by atoms with Crippen molar-refractivity contribution in [2.45, 2.75) is 25.2 Å². The zero-order valence-corrected chi connectivity index (χ0v) is 22.2. The van der Waals surface area contributed by atoms with Gasteiger partial charge in [0.2, 0.25) is 11.8 Å². The number of benzene rings is 1. The van der Waals surface area contributed by atoms with Crippen molar-refractivity contribution in [3.63, 3.8) is 0 Å². The third kappa shape index (κ3) is 5.31. The molecular formula is C29H31ClN6O2. The van der Waals surface area contributed by atoms with E-state index in [2.05, 4.69) is 32.7 Å². The lowest BCUT2D eigenvalue weighted by Crippen LogP contribution is -2.54. The van der Waals surface area contributed by atoms with Crippen LogP contribution in [0.3, 0.4) is 0 Å². The molecule has 0 aliphatic carbocycles. The smallest absolute Gasteiger partial charge is 0.225 e. The molecule has 2 aromatic heterocycles. The van der Waals surface area contributed by atoms with Crippen molar-refractivity contribution >= 4 is 23.2 Å². The second-order valence-corrected chi connectivity index (χ2v) is 10.3. The fourth-order valence-corrected chi connectivity index (χ4v) is 5.37. The second-order valence-electron chi connectivity index (χ2n) is 9.83. The van der Waals surface area contributed by atoms with Crippen LogP contribution in [0, 0.1) is 17.2 Å². The maximum absolute atomic E-state index is 12.7. The van der Waals surface area contributed by atoms with E-state index in [1.807, 2.05) is 43.5 Å². The molecule has 0 unspecified atom stereocenters. The molecule has 8 nitrogen and oxygen atoms in total. The number of pyridine rings is 2. The molecule has 2 fully saturated rings. The first-order chi connectivity index (χ1) is 18.5. The lowest BCUT2D eigenvalue weighted by atomic mass is 9.72. The lowest BCUT2D eigenvalue weighted by Gasteiger charge is -2.43. The third-order valence-corrected chi connectivity index (χ3v) is 7.83. The molecule has 2 aliphatic rings. The quantitative estimate of drug-likeness (QED) is 0.454. The molecule has 2 aliphatic heterocycles. The highest BCUT2D eigenvalue weighted by Crippen LogP contribution is 2.38. The summed E-state index contributed by atoms with van der Waals surface area (Å²) in [5, 5.41) is 16.6. The van der Waals surface area contributed by atoms with E-state index >= 15 is 0 Å². The summed E-state index contributed by atoms with van der Waals surface area (Å²) in [6.07, 6.45) is 5.25. The molecular weight excluding hydrogens is 500 g/mol. The van der Waals surface area contributed by atoms with E-state index in [9.17, 15) is 10.1 Å². The van der Waals surface area contributed by atoms with Gasteiger partial charge in [-0.1, -0.05) is 17.7 Å². The number of aromatic nitrogens is 2. The molecule has 196 valence electrons. The van der Waals surface area contributed by atoms with Gasteiger partial charge in [-0.05, 0) is 61.7 Å². The van der Waals surface area contributed by atoms with Crippen LogP contribution in [-0.4, -0.2) is 55.2 Å². The molecule has 9 heteroatoms. The van der Waals surface area contributed by atoms with E-state index in [-0.39, 0.29) is 17.2 Å². The van der Waals surface area contributed by atoms with Crippen LogP contribution in [-0.2, 0) is 10.2 Å². The van der Waals surface area contributed by atoms with E-state index in [0.29, 0.717) is 29.6 Å². The molecule has 2 saturated heterocycles. The average molecular weight is 531 g/mol. The Hall–Kier alpha value is -3.67. The van der Waals surface area contributed by atoms with Gasteiger partial charge in [0.15, 0.2) is 0 Å². The van der Waals surface area contributed by atoms with E-state index in [0.717, 1.165) is 61.5 Å². The van der Waals surface area contributed by atoms with E-state index < -0.39 is 0 Å². The van der Waals surface area contributed by atoms with E-state index in [1.54, 1.807) is 12.3 Å². The van der Waals surface area contributed by atoms with Crippen LogP contribution in [0.2, 0.25) is 5.02 Å². The number of piperidine rings is 1. The van der Waals surface area contributed by atoms with E-state index in [4.69, 9.17) is 21.3 Å². The molecule has 2 N–H and O–H groups in total. The van der Waals surface area contributed by atoms with Crippen LogP contribution in [0.5, 0.6) is 5.88 Å². The first-order valence-corrected chi connectivity index (χ1v) is 13.4. The number of nitrogens with zero attached hydrogens (tertiary/aromatic N) is 4. The fraction of sp³-hybridized carbons (Fsp3) is 0.379. The van der Waals surface area contributed by atoms with Gasteiger partial charge < -0.3 is 20.3 Å². The Bertz CT molecular complexity index is 1330. The van der Waals surface area contributed by atoms with Crippen molar-refractivity contribution < 1.29 is 9.53 Å². The van der Waals surface area contributed by atoms with Gasteiger partial charge in [-0.3, -0.25) is 9.78 Å². The molecule has 0 spiro atoms. The molecule has 1 amide bonds. The van der Waals surface area contributed by atoms with Gasteiger partial charge in [0.25, 0.3) is 0 Å². The largest absolute Gasteiger partial charge is 0.477 e. The van der Waals surface area contributed by atoms with Crippen molar-refractivity contribution in [3.8, 4) is 23.2 Å². The number of amides is 1. The molecule has 0 atom stereocenters. The van der Waals surface area contributed by atoms with Crippen molar-refractivity contribution in [3.05, 3.63) is 71.0 Å². The Morgan fingerprint density at radius 2 is 2.05 bits per heavy atom. The van der Waals surface area contributed by atoms with Crippen LogP contribution in [0.4, 0.5) is 5.69 Å². The zero-order valence-electron chi connectivity index (χ0n) is 21.4. The van der Waals surface area contributed by atoms with Crippen molar-refractivity contribution in [2.24, 2.45) is 5.92 Å². The summed E-state index contributed by atoms with van der Waals surface area (Å²) in [4.78, 5) is 24.1. The Labute approximate surface area is 228 Å². The van der Waals surface area contributed by atoms with Gasteiger partial charge in [0, 0.05) is 55.6 Å². The van der Waals surface area contributed by atoms with Gasteiger partial charge >= 0.3 is 0 Å². The van der Waals surface area contributed by atoms with Gasteiger partial charge in [0.05, 0.1) is 35.0 Å². The van der Waals surface area contributed by atoms with Crippen molar-refractivity contribution in [2.75, 3.05) is 44.2 Å². The van der Waals surface area contributed by atoms with Crippen LogP contribution >= 0.6 is 11.6 Å². The monoisotopic (exact) mass is 530 g/mol. The average Bonchev–Trinajstić information content (AvgIpc) is 2.92. The van der Waals surface area contributed by atoms with Crippen molar-refractivity contribution in [1.82, 2.24) is 20.6 Å². The zero-order chi connectivity index (χ0) is 26.5. The number of carbonyl (C=O) groups excluding carboxylic acids is 1. The van der Waals surface area contributed by atoms with Crippen LogP contribution < -0.4 is 20.3 Å². The first-order valence-electron chi connectivity index (χ1n) is 13.0. The van der Waals surface area contributed by atoms with Gasteiger partial charge in [-0.2, -0.15) is 5.26 Å². The third-order valence-electron chi connectivity index (χ3n) is 7.60. The number of halogens is 1. The number of nitriles is 1. The lowest BCUT2D eigenvalue weighted by molar-refractivity contribution is -0.126. The minimum Gasteiger partial charge on any atom is -0.477 e. The predicted molar refractivity (Wildman–Crippen MR) is 147 cm³/mol.